The Morgan fingerprint density at radius 2 is 2.00 bits per heavy atom. The van der Waals surface area contributed by atoms with E-state index in [1.807, 2.05) is 0 Å². The van der Waals surface area contributed by atoms with Gasteiger partial charge in [0.25, 0.3) is 0 Å². The Labute approximate surface area is 89.6 Å². The van der Waals surface area contributed by atoms with Gasteiger partial charge in [-0.3, -0.25) is 0 Å². The molecule has 0 saturated heterocycles. The Kier molecular flexibility index (Phi) is 3.98. The monoisotopic (exact) mass is 233 g/mol. The molecule has 1 rings (SSSR count). The van der Waals surface area contributed by atoms with Gasteiger partial charge in [0, 0.05) is 13.0 Å². The molecule has 0 atom stereocenters. The first-order valence-corrected chi connectivity index (χ1v) is 4.40. The quantitative estimate of drug-likeness (QED) is 0.243. The second-order valence-electron chi connectivity index (χ2n) is 2.99. The third kappa shape index (κ3) is 2.78. The lowest BCUT2D eigenvalue weighted by Crippen LogP contribution is -2.17. The Morgan fingerprint density at radius 3 is 2.62 bits per heavy atom. The lowest BCUT2D eigenvalue weighted by atomic mass is 10.2. The number of anilines is 1. The van der Waals surface area contributed by atoms with Gasteiger partial charge in [-0.25, -0.2) is 13.2 Å². The number of hydrogen-bond acceptors (Lipinski definition) is 3. The molecule has 7 heteroatoms. The number of nitrogens with two attached hydrogens (primary N) is 1. The van der Waals surface area contributed by atoms with Crippen molar-refractivity contribution in [3.05, 3.63) is 29.6 Å². The molecule has 0 aliphatic rings. The summed E-state index contributed by atoms with van der Waals surface area (Å²) < 4.78 is 38.4. The average molecular weight is 233 g/mol. The highest BCUT2D eigenvalue weighted by Gasteiger charge is 2.12. The van der Waals surface area contributed by atoms with Gasteiger partial charge < -0.3 is 16.3 Å². The van der Waals surface area contributed by atoms with Gasteiger partial charge in [-0.15, -0.1) is 0 Å². The minimum atomic E-state index is -1.53. The molecule has 4 nitrogen and oxygen atoms in total. The molecule has 0 aromatic heterocycles. The summed E-state index contributed by atoms with van der Waals surface area (Å²) >= 11 is 0. The van der Waals surface area contributed by atoms with Crippen molar-refractivity contribution < 1.29 is 18.4 Å². The molecule has 0 aliphatic heterocycles. The molecule has 88 valence electrons. The van der Waals surface area contributed by atoms with Crippen LogP contribution in [0.3, 0.4) is 0 Å². The molecule has 0 heterocycles. The largest absolute Gasteiger partial charge is 0.409 e. The van der Waals surface area contributed by atoms with Crippen LogP contribution < -0.4 is 11.1 Å². The lowest BCUT2D eigenvalue weighted by molar-refractivity contribution is 0.317. The SMILES string of the molecule is NC(CCNc1ccc(F)c(F)c1F)=NO. The van der Waals surface area contributed by atoms with Crippen molar-refractivity contribution in [1.82, 2.24) is 0 Å². The van der Waals surface area contributed by atoms with Crippen LogP contribution in [-0.2, 0) is 0 Å². The molecule has 4 N–H and O–H groups in total. The van der Waals surface area contributed by atoms with Crippen LogP contribution in [0.1, 0.15) is 6.42 Å². The molecule has 0 radical (unpaired) electrons. The number of oxime groups is 1. The number of amidine groups is 1. The van der Waals surface area contributed by atoms with E-state index in [-0.39, 0.29) is 24.5 Å². The second-order valence-corrected chi connectivity index (χ2v) is 2.99. The van der Waals surface area contributed by atoms with Crippen molar-refractivity contribution in [2.45, 2.75) is 6.42 Å². The summed E-state index contributed by atoms with van der Waals surface area (Å²) in [4.78, 5) is 0. The van der Waals surface area contributed by atoms with Crippen molar-refractivity contribution in [2.75, 3.05) is 11.9 Å². The number of hydrogen-bond donors (Lipinski definition) is 3. The van der Waals surface area contributed by atoms with Gasteiger partial charge in [-0.2, -0.15) is 0 Å². The van der Waals surface area contributed by atoms with Crippen molar-refractivity contribution >= 4 is 11.5 Å². The summed E-state index contributed by atoms with van der Waals surface area (Å²) in [6.45, 7) is 0.137. The topological polar surface area (TPSA) is 70.6 Å². The summed E-state index contributed by atoms with van der Waals surface area (Å²) in [5.74, 6) is -4.12. The zero-order chi connectivity index (χ0) is 12.1. The highest BCUT2D eigenvalue weighted by molar-refractivity contribution is 5.80. The first-order valence-electron chi connectivity index (χ1n) is 4.40. The fourth-order valence-corrected chi connectivity index (χ4v) is 1.04. The van der Waals surface area contributed by atoms with E-state index in [1.165, 1.54) is 0 Å². The fraction of sp³-hybridized carbons (Fsp3) is 0.222. The van der Waals surface area contributed by atoms with Gasteiger partial charge in [0.15, 0.2) is 17.5 Å². The van der Waals surface area contributed by atoms with Gasteiger partial charge in [-0.05, 0) is 12.1 Å². The van der Waals surface area contributed by atoms with E-state index in [2.05, 4.69) is 10.5 Å². The molecule has 0 amide bonds. The molecule has 1 aromatic rings. The fourth-order valence-electron chi connectivity index (χ4n) is 1.04. The highest BCUT2D eigenvalue weighted by atomic mass is 19.2. The predicted molar refractivity (Wildman–Crippen MR) is 52.8 cm³/mol. The minimum absolute atomic E-state index is 0.0458. The standard InChI is InChI=1S/C9H10F3N3O/c10-5-1-2-6(9(12)8(5)11)14-4-3-7(13)15-16/h1-2,14,16H,3-4H2,(H2,13,15). The van der Waals surface area contributed by atoms with E-state index in [1.54, 1.807) is 0 Å². The van der Waals surface area contributed by atoms with E-state index in [9.17, 15) is 13.2 Å². The van der Waals surface area contributed by atoms with Crippen molar-refractivity contribution in [3.63, 3.8) is 0 Å². The lowest BCUT2D eigenvalue weighted by Gasteiger charge is -2.07. The summed E-state index contributed by atoms with van der Waals surface area (Å²) in [6.07, 6.45) is 0.148. The van der Waals surface area contributed by atoms with E-state index in [4.69, 9.17) is 10.9 Å². The summed E-state index contributed by atoms with van der Waals surface area (Å²) in [5, 5.41) is 13.4. The van der Waals surface area contributed by atoms with Crippen LogP contribution in [0.5, 0.6) is 0 Å². The zero-order valence-electron chi connectivity index (χ0n) is 8.17. The molecule has 16 heavy (non-hydrogen) atoms. The normalized spacial score (nSPS) is 11.6. The van der Waals surface area contributed by atoms with Crippen molar-refractivity contribution in [3.8, 4) is 0 Å². The van der Waals surface area contributed by atoms with Crippen LogP contribution in [0, 0.1) is 17.5 Å². The predicted octanol–water partition coefficient (Wildman–Crippen LogP) is 1.65. The zero-order valence-corrected chi connectivity index (χ0v) is 8.17. The Bertz CT molecular complexity index is 409. The summed E-state index contributed by atoms with van der Waals surface area (Å²) in [6, 6.07) is 1.88. The van der Waals surface area contributed by atoms with E-state index in [0.717, 1.165) is 12.1 Å². The number of benzene rings is 1. The summed E-state index contributed by atoms with van der Waals surface area (Å²) in [7, 11) is 0. The third-order valence-corrected chi connectivity index (χ3v) is 1.86. The van der Waals surface area contributed by atoms with Crippen LogP contribution in [0.4, 0.5) is 18.9 Å². The number of nitrogens with one attached hydrogen (secondary N) is 1. The maximum atomic E-state index is 13.1. The molecular weight excluding hydrogens is 223 g/mol. The van der Waals surface area contributed by atoms with Crippen LogP contribution in [0.25, 0.3) is 0 Å². The van der Waals surface area contributed by atoms with Gasteiger partial charge >= 0.3 is 0 Å². The Morgan fingerprint density at radius 1 is 1.31 bits per heavy atom. The Hall–Kier alpha value is -1.92. The molecule has 0 bridgehead atoms. The minimum Gasteiger partial charge on any atom is -0.409 e. The van der Waals surface area contributed by atoms with E-state index in [0.29, 0.717) is 0 Å². The molecular formula is C9H10F3N3O. The van der Waals surface area contributed by atoms with E-state index < -0.39 is 17.5 Å². The first-order chi connectivity index (χ1) is 7.56. The maximum absolute atomic E-state index is 13.1. The average Bonchev–Trinajstić information content (AvgIpc) is 2.29. The van der Waals surface area contributed by atoms with Crippen molar-refractivity contribution in [2.24, 2.45) is 10.9 Å². The molecule has 0 fully saturated rings. The van der Waals surface area contributed by atoms with E-state index >= 15 is 0 Å². The first kappa shape index (κ1) is 12.2. The molecule has 0 aliphatic carbocycles. The summed E-state index contributed by atoms with van der Waals surface area (Å²) in [5.41, 5.74) is 4.99. The maximum Gasteiger partial charge on any atom is 0.196 e. The van der Waals surface area contributed by atoms with Gasteiger partial charge in [0.2, 0.25) is 0 Å². The molecule has 0 spiro atoms. The third-order valence-electron chi connectivity index (χ3n) is 1.86. The Balaban J connectivity index is 2.65. The molecule has 1 aromatic carbocycles. The van der Waals surface area contributed by atoms with Crippen LogP contribution in [-0.4, -0.2) is 17.6 Å². The molecule has 0 unspecified atom stereocenters. The molecule has 0 saturated carbocycles. The van der Waals surface area contributed by atoms with Crippen LogP contribution >= 0.6 is 0 Å². The van der Waals surface area contributed by atoms with Crippen LogP contribution in [0.2, 0.25) is 0 Å². The van der Waals surface area contributed by atoms with Crippen molar-refractivity contribution in [1.29, 1.82) is 0 Å². The van der Waals surface area contributed by atoms with Gasteiger partial charge in [0.05, 0.1) is 5.69 Å². The highest BCUT2D eigenvalue weighted by Crippen LogP contribution is 2.19. The van der Waals surface area contributed by atoms with Crippen LogP contribution in [0.15, 0.2) is 17.3 Å². The number of nitrogens with zero attached hydrogens (tertiary/aromatic N) is 1. The number of halogens is 3. The van der Waals surface area contributed by atoms with Gasteiger partial charge in [0.1, 0.15) is 5.84 Å². The second kappa shape index (κ2) is 5.24. The smallest absolute Gasteiger partial charge is 0.196 e. The van der Waals surface area contributed by atoms with Gasteiger partial charge in [-0.1, -0.05) is 5.16 Å². The number of rotatable bonds is 4.